The molecule has 0 saturated heterocycles. The molecule has 0 amide bonds. The molecule has 1 N–H and O–H groups in total. The van der Waals surface area contributed by atoms with Crippen LogP contribution in [0.4, 0.5) is 5.82 Å². The lowest BCUT2D eigenvalue weighted by Crippen LogP contribution is -2.02. The lowest BCUT2D eigenvalue weighted by molar-refractivity contribution is 0.581. The van der Waals surface area contributed by atoms with E-state index in [-0.39, 0.29) is 0 Å². The Kier molecular flexibility index (Phi) is 8.66. The van der Waals surface area contributed by atoms with Gasteiger partial charge in [0, 0.05) is 6.54 Å². The molecular weight excluding hydrogens is 244 g/mol. The third-order valence-electron chi connectivity index (χ3n) is 3.05. The van der Waals surface area contributed by atoms with E-state index in [1.165, 1.54) is 51.4 Å². The van der Waals surface area contributed by atoms with Gasteiger partial charge in [0.2, 0.25) is 0 Å². The van der Waals surface area contributed by atoms with Crippen molar-refractivity contribution >= 4 is 17.4 Å². The van der Waals surface area contributed by atoms with Gasteiger partial charge in [0.15, 0.2) is 0 Å². The summed E-state index contributed by atoms with van der Waals surface area (Å²) in [5, 5.41) is 3.85. The zero-order chi connectivity index (χ0) is 13.1. The van der Waals surface area contributed by atoms with E-state index in [2.05, 4.69) is 17.2 Å². The molecular formula is C15H25ClN2. The molecule has 0 radical (unpaired) electrons. The van der Waals surface area contributed by atoms with Crippen molar-refractivity contribution in [1.82, 2.24) is 4.98 Å². The summed E-state index contributed by atoms with van der Waals surface area (Å²) in [4.78, 5) is 4.20. The van der Waals surface area contributed by atoms with Gasteiger partial charge >= 0.3 is 0 Å². The van der Waals surface area contributed by atoms with Crippen molar-refractivity contribution in [3.05, 3.63) is 23.4 Å². The van der Waals surface area contributed by atoms with Crippen molar-refractivity contribution < 1.29 is 0 Å². The maximum absolute atomic E-state index is 5.82. The van der Waals surface area contributed by atoms with E-state index in [9.17, 15) is 0 Å². The van der Waals surface area contributed by atoms with Crippen molar-refractivity contribution in [3.63, 3.8) is 0 Å². The smallest absolute Gasteiger partial charge is 0.131 e. The summed E-state index contributed by atoms with van der Waals surface area (Å²) in [7, 11) is 0. The first-order valence-electron chi connectivity index (χ1n) is 7.19. The van der Waals surface area contributed by atoms with E-state index in [4.69, 9.17) is 11.6 Å². The standard InChI is InChI=1S/C15H25ClN2/c1-2-3-4-5-6-7-8-9-13-17-15-12-10-11-14(16)18-15/h10-12H,2-9,13H2,1H3,(H,17,18). The average molecular weight is 269 g/mol. The van der Waals surface area contributed by atoms with Crippen LogP contribution in [0.15, 0.2) is 18.2 Å². The van der Waals surface area contributed by atoms with Gasteiger partial charge in [0.05, 0.1) is 0 Å². The SMILES string of the molecule is CCCCCCCCCCNc1cccc(Cl)n1. The van der Waals surface area contributed by atoms with E-state index in [0.29, 0.717) is 5.15 Å². The molecule has 2 nitrogen and oxygen atoms in total. The summed E-state index contributed by atoms with van der Waals surface area (Å²) in [6.45, 7) is 3.25. The molecule has 0 unspecified atom stereocenters. The quantitative estimate of drug-likeness (QED) is 0.461. The van der Waals surface area contributed by atoms with Gasteiger partial charge in [-0.25, -0.2) is 4.98 Å². The summed E-state index contributed by atoms with van der Waals surface area (Å²) < 4.78 is 0. The number of unbranched alkanes of at least 4 members (excludes halogenated alkanes) is 7. The summed E-state index contributed by atoms with van der Waals surface area (Å²) in [6.07, 6.45) is 10.8. The fourth-order valence-corrected chi connectivity index (χ4v) is 2.15. The lowest BCUT2D eigenvalue weighted by Gasteiger charge is -2.05. The first-order valence-corrected chi connectivity index (χ1v) is 7.57. The molecule has 0 fully saturated rings. The van der Waals surface area contributed by atoms with Crippen molar-refractivity contribution in [3.8, 4) is 0 Å². The predicted molar refractivity (Wildman–Crippen MR) is 80.3 cm³/mol. The molecule has 1 heterocycles. The second-order valence-corrected chi connectivity index (χ2v) is 5.13. The monoisotopic (exact) mass is 268 g/mol. The molecule has 3 heteroatoms. The third kappa shape index (κ3) is 7.54. The van der Waals surface area contributed by atoms with Crippen LogP contribution in [-0.4, -0.2) is 11.5 Å². The Hall–Kier alpha value is -0.760. The maximum atomic E-state index is 5.82. The second-order valence-electron chi connectivity index (χ2n) is 4.75. The number of anilines is 1. The minimum absolute atomic E-state index is 0.552. The Morgan fingerprint density at radius 2 is 1.67 bits per heavy atom. The minimum atomic E-state index is 0.552. The molecule has 0 atom stereocenters. The number of pyridine rings is 1. The average Bonchev–Trinajstić information content (AvgIpc) is 2.37. The highest BCUT2D eigenvalue weighted by molar-refractivity contribution is 6.29. The molecule has 0 aliphatic heterocycles. The van der Waals surface area contributed by atoms with E-state index in [1.807, 2.05) is 12.1 Å². The topological polar surface area (TPSA) is 24.9 Å². The van der Waals surface area contributed by atoms with Gasteiger partial charge in [-0.3, -0.25) is 0 Å². The van der Waals surface area contributed by atoms with Gasteiger partial charge in [0.1, 0.15) is 11.0 Å². The van der Waals surface area contributed by atoms with Gasteiger partial charge < -0.3 is 5.32 Å². The largest absolute Gasteiger partial charge is 0.370 e. The summed E-state index contributed by atoms with van der Waals surface area (Å²) in [5.41, 5.74) is 0. The van der Waals surface area contributed by atoms with Gasteiger partial charge in [-0.15, -0.1) is 0 Å². The summed E-state index contributed by atoms with van der Waals surface area (Å²) in [5.74, 6) is 0.880. The second kappa shape index (κ2) is 10.2. The van der Waals surface area contributed by atoms with E-state index in [0.717, 1.165) is 12.4 Å². The van der Waals surface area contributed by atoms with E-state index in [1.54, 1.807) is 6.07 Å². The Bertz CT molecular complexity index is 315. The third-order valence-corrected chi connectivity index (χ3v) is 3.26. The minimum Gasteiger partial charge on any atom is -0.370 e. The van der Waals surface area contributed by atoms with E-state index >= 15 is 0 Å². The first-order chi connectivity index (χ1) is 8.83. The van der Waals surface area contributed by atoms with Crippen LogP contribution in [0.25, 0.3) is 0 Å². The molecule has 0 bridgehead atoms. The van der Waals surface area contributed by atoms with Crippen LogP contribution < -0.4 is 5.32 Å². The molecule has 102 valence electrons. The van der Waals surface area contributed by atoms with Crippen LogP contribution in [0.3, 0.4) is 0 Å². The number of nitrogens with one attached hydrogen (secondary N) is 1. The molecule has 1 aromatic heterocycles. The zero-order valence-electron chi connectivity index (χ0n) is 11.4. The van der Waals surface area contributed by atoms with Gasteiger partial charge in [-0.1, -0.05) is 69.5 Å². The van der Waals surface area contributed by atoms with Gasteiger partial charge in [0.25, 0.3) is 0 Å². The Morgan fingerprint density at radius 1 is 1.00 bits per heavy atom. The fourth-order valence-electron chi connectivity index (χ4n) is 1.98. The van der Waals surface area contributed by atoms with Crippen LogP contribution in [0, 0.1) is 0 Å². The molecule has 18 heavy (non-hydrogen) atoms. The first kappa shape index (κ1) is 15.3. The molecule has 0 aromatic carbocycles. The highest BCUT2D eigenvalue weighted by Crippen LogP contribution is 2.11. The van der Waals surface area contributed by atoms with Crippen molar-refractivity contribution in [2.75, 3.05) is 11.9 Å². The van der Waals surface area contributed by atoms with Gasteiger partial charge in [-0.05, 0) is 18.6 Å². The summed E-state index contributed by atoms with van der Waals surface area (Å²) in [6, 6.07) is 5.67. The van der Waals surface area contributed by atoms with Gasteiger partial charge in [-0.2, -0.15) is 0 Å². The van der Waals surface area contributed by atoms with Crippen LogP contribution in [-0.2, 0) is 0 Å². The Labute approximate surface area is 116 Å². The number of aromatic nitrogens is 1. The molecule has 0 aliphatic carbocycles. The van der Waals surface area contributed by atoms with Crippen molar-refractivity contribution in [2.24, 2.45) is 0 Å². The lowest BCUT2D eigenvalue weighted by atomic mass is 10.1. The molecule has 1 aromatic rings. The maximum Gasteiger partial charge on any atom is 0.131 e. The normalized spacial score (nSPS) is 10.6. The number of halogens is 1. The number of nitrogens with zero attached hydrogens (tertiary/aromatic N) is 1. The molecule has 0 spiro atoms. The van der Waals surface area contributed by atoms with Crippen LogP contribution >= 0.6 is 11.6 Å². The molecule has 1 rings (SSSR count). The molecule has 0 saturated carbocycles. The van der Waals surface area contributed by atoms with Crippen LogP contribution in [0.1, 0.15) is 58.3 Å². The summed E-state index contributed by atoms with van der Waals surface area (Å²) >= 11 is 5.82. The fraction of sp³-hybridized carbons (Fsp3) is 0.667. The van der Waals surface area contributed by atoms with E-state index < -0.39 is 0 Å². The van der Waals surface area contributed by atoms with Crippen molar-refractivity contribution in [1.29, 1.82) is 0 Å². The van der Waals surface area contributed by atoms with Crippen molar-refractivity contribution in [2.45, 2.75) is 58.3 Å². The highest BCUT2D eigenvalue weighted by atomic mass is 35.5. The predicted octanol–water partition coefficient (Wildman–Crippen LogP) is 5.29. The number of hydrogen-bond donors (Lipinski definition) is 1. The van der Waals surface area contributed by atoms with Crippen LogP contribution in [0.5, 0.6) is 0 Å². The Morgan fingerprint density at radius 3 is 2.33 bits per heavy atom. The number of hydrogen-bond acceptors (Lipinski definition) is 2. The molecule has 0 aliphatic rings. The Balaban J connectivity index is 1.92. The number of rotatable bonds is 10. The van der Waals surface area contributed by atoms with Crippen LogP contribution in [0.2, 0.25) is 5.15 Å². The zero-order valence-corrected chi connectivity index (χ0v) is 12.2. The highest BCUT2D eigenvalue weighted by Gasteiger charge is 1.95.